The molecule has 2 aromatic heterocycles. The molecule has 0 aliphatic carbocycles. The van der Waals surface area contributed by atoms with Gasteiger partial charge in [0, 0.05) is 11.6 Å². The molecule has 0 saturated carbocycles. The number of nitrogens with zero attached hydrogens (tertiary/aromatic N) is 6. The van der Waals surface area contributed by atoms with Gasteiger partial charge in [-0.15, -0.1) is 15.0 Å². The molecule has 0 saturated heterocycles. The van der Waals surface area contributed by atoms with Gasteiger partial charge in [-0.2, -0.15) is 0 Å². The summed E-state index contributed by atoms with van der Waals surface area (Å²) >= 11 is 0. The van der Waals surface area contributed by atoms with Gasteiger partial charge in [0.15, 0.2) is 18.0 Å². The van der Waals surface area contributed by atoms with Crippen molar-refractivity contribution >= 4 is 17.6 Å². The highest BCUT2D eigenvalue weighted by Crippen LogP contribution is 2.27. The zero-order valence-corrected chi connectivity index (χ0v) is 16.0. The van der Waals surface area contributed by atoms with E-state index in [4.69, 9.17) is 0 Å². The molecule has 160 valence electrons. The number of nitrogens with one attached hydrogen (secondary N) is 2. The molecule has 3 amide bonds. The lowest BCUT2D eigenvalue weighted by Crippen LogP contribution is -2.45. The van der Waals surface area contributed by atoms with Crippen LogP contribution in [0.5, 0.6) is 0 Å². The Bertz CT molecular complexity index is 1150. The minimum atomic E-state index is -1.09. The number of rotatable bonds is 5. The molecule has 4 rings (SSSR count). The van der Waals surface area contributed by atoms with Gasteiger partial charge in [0.2, 0.25) is 5.91 Å². The molecule has 0 radical (unpaired) electrons. The van der Waals surface area contributed by atoms with Crippen LogP contribution >= 0.6 is 0 Å². The van der Waals surface area contributed by atoms with Gasteiger partial charge >= 0.3 is 6.03 Å². The van der Waals surface area contributed by atoms with Crippen molar-refractivity contribution in [1.29, 1.82) is 0 Å². The molecular weight excluding hydrogens is 417 g/mol. The third-order valence-electron chi connectivity index (χ3n) is 4.63. The molecule has 0 fully saturated rings. The molecule has 3 heterocycles. The predicted molar refractivity (Wildman–Crippen MR) is 99.3 cm³/mol. The van der Waals surface area contributed by atoms with Crippen molar-refractivity contribution in [3.8, 4) is 5.69 Å². The molecule has 0 unspecified atom stereocenters. The number of hydrogen-bond donors (Lipinski definition) is 2. The summed E-state index contributed by atoms with van der Waals surface area (Å²) in [4.78, 5) is 30.7. The molecule has 0 bridgehead atoms. The average molecular weight is 432 g/mol. The molecule has 0 spiro atoms. The first kappa shape index (κ1) is 20.3. The molecular formula is C18H15F3N8O2. The van der Waals surface area contributed by atoms with Gasteiger partial charge < -0.3 is 15.5 Å². The van der Waals surface area contributed by atoms with Gasteiger partial charge in [-0.05, 0) is 24.3 Å². The van der Waals surface area contributed by atoms with Crippen LogP contribution < -0.4 is 10.6 Å². The Kier molecular flexibility index (Phi) is 5.23. The smallest absolute Gasteiger partial charge is 0.322 e. The van der Waals surface area contributed by atoms with E-state index in [1.165, 1.54) is 25.5 Å². The molecule has 1 aromatic carbocycles. The van der Waals surface area contributed by atoms with Gasteiger partial charge in [-0.3, -0.25) is 9.78 Å². The van der Waals surface area contributed by atoms with E-state index >= 15 is 0 Å². The molecule has 1 aliphatic heterocycles. The normalized spacial score (nSPS) is 14.1. The number of pyridine rings is 1. The van der Waals surface area contributed by atoms with E-state index in [-0.39, 0.29) is 29.2 Å². The quantitative estimate of drug-likeness (QED) is 0.634. The highest BCUT2D eigenvalue weighted by atomic mass is 19.2. The van der Waals surface area contributed by atoms with E-state index in [0.29, 0.717) is 0 Å². The summed E-state index contributed by atoms with van der Waals surface area (Å²) in [6.45, 7) is 0.768. The van der Waals surface area contributed by atoms with Crippen LogP contribution in [0, 0.1) is 17.5 Å². The Morgan fingerprint density at radius 3 is 2.81 bits per heavy atom. The minimum Gasteiger partial charge on any atom is -0.346 e. The number of aromatic nitrogens is 5. The Morgan fingerprint density at radius 2 is 2.10 bits per heavy atom. The summed E-state index contributed by atoms with van der Waals surface area (Å²) in [6.07, 6.45) is 2.50. The zero-order valence-electron chi connectivity index (χ0n) is 16.0. The van der Waals surface area contributed by atoms with Crippen LogP contribution in [0.3, 0.4) is 0 Å². The van der Waals surface area contributed by atoms with E-state index < -0.39 is 42.0 Å². The Labute approximate surface area is 173 Å². The second kappa shape index (κ2) is 8.01. The Hall–Kier alpha value is -4.03. The number of halogens is 3. The van der Waals surface area contributed by atoms with Crippen molar-refractivity contribution in [2.75, 3.05) is 11.9 Å². The number of amides is 3. The van der Waals surface area contributed by atoms with Crippen molar-refractivity contribution in [2.45, 2.75) is 19.5 Å². The number of urea groups is 1. The van der Waals surface area contributed by atoms with Crippen molar-refractivity contribution in [3.05, 3.63) is 59.4 Å². The minimum absolute atomic E-state index is 0.0428. The lowest BCUT2D eigenvalue weighted by Gasteiger charge is -2.29. The fourth-order valence-electron chi connectivity index (χ4n) is 3.13. The fraction of sp³-hybridized carbons (Fsp3) is 0.222. The molecule has 2 N–H and O–H groups in total. The third-order valence-corrected chi connectivity index (χ3v) is 4.63. The number of anilines is 1. The molecule has 31 heavy (non-hydrogen) atoms. The number of benzene rings is 1. The molecule has 1 aliphatic rings. The summed E-state index contributed by atoms with van der Waals surface area (Å²) in [5.74, 6) is -3.49. The van der Waals surface area contributed by atoms with Gasteiger partial charge in [0.25, 0.3) is 0 Å². The van der Waals surface area contributed by atoms with Crippen molar-refractivity contribution in [3.63, 3.8) is 0 Å². The van der Waals surface area contributed by atoms with E-state index in [2.05, 4.69) is 31.0 Å². The highest BCUT2D eigenvalue weighted by Gasteiger charge is 2.28. The fourth-order valence-corrected chi connectivity index (χ4v) is 3.13. The van der Waals surface area contributed by atoms with E-state index in [1.807, 2.05) is 0 Å². The standard InChI is InChI=1S/C18H15F3N8O2/c1-9(17-13(20)4-10(5-22-17)29-24-8-23-27-29)25-15(30)7-28-6-11-14(26-18(28)31)3-2-12(19)16(11)21/h2-5,8-9H,6-7H2,1H3,(H,25,30)(H,26,31)/t9-/m1/s1. The van der Waals surface area contributed by atoms with Crippen LogP contribution in [0.4, 0.5) is 23.7 Å². The lowest BCUT2D eigenvalue weighted by atomic mass is 10.1. The number of fused-ring (bicyclic) bond motifs is 1. The van der Waals surface area contributed by atoms with E-state index in [1.54, 1.807) is 0 Å². The maximum Gasteiger partial charge on any atom is 0.322 e. The van der Waals surface area contributed by atoms with Gasteiger partial charge in [0.1, 0.15) is 18.0 Å². The second-order valence-electron chi connectivity index (χ2n) is 6.75. The Morgan fingerprint density at radius 1 is 1.29 bits per heavy atom. The van der Waals surface area contributed by atoms with Gasteiger partial charge in [0.05, 0.1) is 30.2 Å². The summed E-state index contributed by atoms with van der Waals surface area (Å²) < 4.78 is 41.9. The van der Waals surface area contributed by atoms with Crippen LogP contribution in [0.2, 0.25) is 0 Å². The number of carbonyl (C=O) groups excluding carboxylic acids is 2. The summed E-state index contributed by atoms with van der Waals surface area (Å²) in [6, 6.07) is 1.82. The monoisotopic (exact) mass is 432 g/mol. The second-order valence-corrected chi connectivity index (χ2v) is 6.75. The first-order valence-electron chi connectivity index (χ1n) is 9.04. The maximum atomic E-state index is 14.5. The third kappa shape index (κ3) is 4.01. The summed E-state index contributed by atoms with van der Waals surface area (Å²) in [5.41, 5.74) is 0.279. The van der Waals surface area contributed by atoms with Gasteiger partial charge in [-0.25, -0.2) is 18.0 Å². The number of tetrazole rings is 1. The van der Waals surface area contributed by atoms with Crippen molar-refractivity contribution in [2.24, 2.45) is 0 Å². The van der Waals surface area contributed by atoms with Crippen LogP contribution in [-0.4, -0.2) is 48.6 Å². The Balaban J connectivity index is 1.43. The number of hydrogen-bond acceptors (Lipinski definition) is 6. The largest absolute Gasteiger partial charge is 0.346 e. The first-order valence-corrected chi connectivity index (χ1v) is 9.04. The molecule has 1 atom stereocenters. The summed E-state index contributed by atoms with van der Waals surface area (Å²) in [5, 5.41) is 15.9. The van der Waals surface area contributed by atoms with Crippen LogP contribution in [-0.2, 0) is 11.3 Å². The maximum absolute atomic E-state index is 14.5. The van der Waals surface area contributed by atoms with E-state index in [0.717, 1.165) is 21.8 Å². The molecule has 10 nitrogen and oxygen atoms in total. The van der Waals surface area contributed by atoms with Gasteiger partial charge in [-0.1, -0.05) is 0 Å². The summed E-state index contributed by atoms with van der Waals surface area (Å²) in [7, 11) is 0. The first-order chi connectivity index (χ1) is 14.8. The zero-order chi connectivity index (χ0) is 22.1. The SMILES string of the molecule is C[C@@H](NC(=O)CN1Cc2c(ccc(F)c2F)NC1=O)c1ncc(-n2ncnn2)cc1F. The van der Waals surface area contributed by atoms with Crippen LogP contribution in [0.1, 0.15) is 24.2 Å². The van der Waals surface area contributed by atoms with Crippen molar-refractivity contribution < 1.29 is 22.8 Å². The lowest BCUT2D eigenvalue weighted by molar-refractivity contribution is -0.122. The average Bonchev–Trinajstić information content (AvgIpc) is 3.26. The van der Waals surface area contributed by atoms with Crippen LogP contribution in [0.15, 0.2) is 30.7 Å². The predicted octanol–water partition coefficient (Wildman–Crippen LogP) is 1.70. The topological polar surface area (TPSA) is 118 Å². The number of carbonyl (C=O) groups is 2. The molecule has 3 aromatic rings. The van der Waals surface area contributed by atoms with Crippen molar-refractivity contribution in [1.82, 2.24) is 35.4 Å². The van der Waals surface area contributed by atoms with E-state index in [9.17, 15) is 22.8 Å². The van der Waals surface area contributed by atoms with Crippen LogP contribution in [0.25, 0.3) is 5.69 Å². The molecule has 13 heteroatoms. The highest BCUT2D eigenvalue weighted by molar-refractivity contribution is 5.94.